The number of carbonyl (C=O) groups is 2. The van der Waals surface area contributed by atoms with Gasteiger partial charge in [0.1, 0.15) is 16.7 Å². The first-order valence-corrected chi connectivity index (χ1v) is 12.2. The summed E-state index contributed by atoms with van der Waals surface area (Å²) < 4.78 is 10.9. The maximum atomic E-state index is 12.8. The van der Waals surface area contributed by atoms with E-state index in [0.717, 1.165) is 16.7 Å². The number of carbonyl (C=O) groups excluding carboxylic acids is 2. The summed E-state index contributed by atoms with van der Waals surface area (Å²) in [6.07, 6.45) is -1.52. The number of guanidine groups is 1. The molecule has 37 heavy (non-hydrogen) atoms. The fourth-order valence-corrected chi connectivity index (χ4v) is 3.79. The molecule has 3 aromatic carbocycles. The van der Waals surface area contributed by atoms with Gasteiger partial charge in [-0.15, -0.1) is 0 Å². The predicted octanol–water partition coefficient (Wildman–Crippen LogP) is 6.38. The van der Waals surface area contributed by atoms with E-state index in [1.807, 2.05) is 91.0 Å². The van der Waals surface area contributed by atoms with Crippen LogP contribution >= 0.6 is 0 Å². The van der Waals surface area contributed by atoms with E-state index in [1.165, 1.54) is 0 Å². The summed E-state index contributed by atoms with van der Waals surface area (Å²) in [7, 11) is 0. The summed E-state index contributed by atoms with van der Waals surface area (Å²) in [6, 6.07) is 29.1. The van der Waals surface area contributed by atoms with Gasteiger partial charge in [-0.25, -0.2) is 14.6 Å². The molecule has 194 valence electrons. The lowest BCUT2D eigenvalue weighted by Crippen LogP contribution is -2.48. The van der Waals surface area contributed by atoms with Gasteiger partial charge in [-0.05, 0) is 58.2 Å². The van der Waals surface area contributed by atoms with Gasteiger partial charge < -0.3 is 9.47 Å². The summed E-state index contributed by atoms with van der Waals surface area (Å²) in [5, 5.41) is 5.26. The number of rotatable bonds is 4. The second-order valence-electron chi connectivity index (χ2n) is 10.5. The predicted molar refractivity (Wildman–Crippen MR) is 145 cm³/mol. The molecule has 0 bridgehead atoms. The molecule has 0 saturated heterocycles. The summed E-state index contributed by atoms with van der Waals surface area (Å²) in [5.41, 5.74) is -0.124. The Labute approximate surface area is 218 Å². The van der Waals surface area contributed by atoms with Crippen molar-refractivity contribution >= 4 is 18.1 Å². The standard InChI is InChI=1S/C30H35N3O4/c1-28(2,3)36-26(34)31-25(32-27(35)37-29(4,5)6)33-30(22-16-10-7-11-17-22,23-18-12-8-13-19-23)24-20-14-9-15-21-24/h7-21H,1-6H3,(H2,31,32,33,34,35). The van der Waals surface area contributed by atoms with E-state index in [2.05, 4.69) is 10.6 Å². The van der Waals surface area contributed by atoms with Crippen molar-refractivity contribution in [2.75, 3.05) is 0 Å². The highest BCUT2D eigenvalue weighted by molar-refractivity contribution is 6.01. The highest BCUT2D eigenvalue weighted by Crippen LogP contribution is 2.40. The van der Waals surface area contributed by atoms with Crippen molar-refractivity contribution in [3.8, 4) is 0 Å². The molecule has 7 nitrogen and oxygen atoms in total. The molecule has 0 aliphatic heterocycles. The fraction of sp³-hybridized carbons (Fsp3) is 0.300. The van der Waals surface area contributed by atoms with Crippen LogP contribution in [0.5, 0.6) is 0 Å². The highest BCUT2D eigenvalue weighted by atomic mass is 16.6. The Balaban J connectivity index is 2.26. The van der Waals surface area contributed by atoms with E-state index >= 15 is 0 Å². The van der Waals surface area contributed by atoms with Gasteiger partial charge in [-0.1, -0.05) is 91.0 Å². The van der Waals surface area contributed by atoms with Crippen LogP contribution in [0.4, 0.5) is 9.59 Å². The molecule has 0 atom stereocenters. The minimum Gasteiger partial charge on any atom is -0.444 e. The zero-order chi connectivity index (χ0) is 27.1. The number of ether oxygens (including phenoxy) is 2. The molecule has 0 spiro atoms. The first-order valence-electron chi connectivity index (χ1n) is 12.2. The van der Waals surface area contributed by atoms with Crippen molar-refractivity contribution in [1.82, 2.24) is 10.6 Å². The lowest BCUT2D eigenvalue weighted by Gasteiger charge is -2.33. The average Bonchev–Trinajstić information content (AvgIpc) is 2.81. The monoisotopic (exact) mass is 501 g/mol. The van der Waals surface area contributed by atoms with E-state index in [1.54, 1.807) is 41.5 Å². The zero-order valence-corrected chi connectivity index (χ0v) is 22.2. The quantitative estimate of drug-likeness (QED) is 0.246. The van der Waals surface area contributed by atoms with Crippen LogP contribution in [0.15, 0.2) is 96.0 Å². The first kappa shape index (κ1) is 27.5. The molecule has 3 aromatic rings. The Kier molecular flexibility index (Phi) is 8.38. The fourth-order valence-electron chi connectivity index (χ4n) is 3.79. The van der Waals surface area contributed by atoms with Gasteiger partial charge in [-0.2, -0.15) is 0 Å². The van der Waals surface area contributed by atoms with Crippen molar-refractivity contribution in [3.05, 3.63) is 108 Å². The Morgan fingerprint density at radius 2 is 0.865 bits per heavy atom. The van der Waals surface area contributed by atoms with Gasteiger partial charge in [0.05, 0.1) is 0 Å². The van der Waals surface area contributed by atoms with Crippen LogP contribution in [-0.2, 0) is 15.0 Å². The van der Waals surface area contributed by atoms with Crippen LogP contribution < -0.4 is 10.6 Å². The minimum atomic E-state index is -1.12. The third-order valence-electron chi connectivity index (χ3n) is 5.09. The second-order valence-corrected chi connectivity index (χ2v) is 10.5. The number of aliphatic imine (C=N–C) groups is 1. The van der Waals surface area contributed by atoms with Crippen LogP contribution in [0.2, 0.25) is 0 Å². The molecule has 0 heterocycles. The van der Waals surface area contributed by atoms with Gasteiger partial charge in [-0.3, -0.25) is 10.6 Å². The molecule has 7 heteroatoms. The largest absolute Gasteiger partial charge is 0.444 e. The van der Waals surface area contributed by atoms with Crippen LogP contribution in [-0.4, -0.2) is 29.3 Å². The van der Waals surface area contributed by atoms with Crippen LogP contribution in [0.3, 0.4) is 0 Å². The van der Waals surface area contributed by atoms with Crippen molar-refractivity contribution in [3.63, 3.8) is 0 Å². The number of amides is 2. The SMILES string of the molecule is CC(C)(C)OC(=O)NC(=NC(c1ccccc1)(c1ccccc1)c1ccccc1)NC(=O)OC(C)(C)C. The molecule has 0 aliphatic carbocycles. The smallest absolute Gasteiger partial charge is 0.414 e. The molecule has 0 aromatic heterocycles. The molecule has 0 fully saturated rings. The third kappa shape index (κ3) is 7.67. The minimum absolute atomic E-state index is 0.111. The van der Waals surface area contributed by atoms with Gasteiger partial charge in [0.25, 0.3) is 0 Å². The highest BCUT2D eigenvalue weighted by Gasteiger charge is 2.37. The lowest BCUT2D eigenvalue weighted by molar-refractivity contribution is 0.0544. The van der Waals surface area contributed by atoms with Gasteiger partial charge in [0.2, 0.25) is 5.96 Å². The van der Waals surface area contributed by atoms with Crippen molar-refractivity contribution in [2.45, 2.75) is 58.3 Å². The van der Waals surface area contributed by atoms with Crippen LogP contribution in [0.1, 0.15) is 58.2 Å². The summed E-state index contributed by atoms with van der Waals surface area (Å²) >= 11 is 0. The average molecular weight is 502 g/mol. The van der Waals surface area contributed by atoms with Gasteiger partial charge in [0.15, 0.2) is 0 Å². The molecule has 2 amide bonds. The Morgan fingerprint density at radius 1 is 0.568 bits per heavy atom. The van der Waals surface area contributed by atoms with Crippen molar-refractivity contribution < 1.29 is 19.1 Å². The Morgan fingerprint density at radius 3 is 1.14 bits per heavy atom. The number of nitrogens with zero attached hydrogens (tertiary/aromatic N) is 1. The second kappa shape index (κ2) is 11.3. The molecule has 0 saturated carbocycles. The number of hydrogen-bond acceptors (Lipinski definition) is 5. The molecule has 0 radical (unpaired) electrons. The first-order chi connectivity index (χ1) is 17.4. The number of hydrogen-bond donors (Lipinski definition) is 2. The normalized spacial score (nSPS) is 11.7. The van der Waals surface area contributed by atoms with Crippen LogP contribution in [0.25, 0.3) is 0 Å². The molecule has 0 unspecified atom stereocenters. The Hall–Kier alpha value is -4.13. The van der Waals surface area contributed by atoms with Crippen LogP contribution in [0, 0.1) is 0 Å². The summed E-state index contributed by atoms with van der Waals surface area (Å²) in [4.78, 5) is 30.7. The lowest BCUT2D eigenvalue weighted by atomic mass is 9.77. The van der Waals surface area contributed by atoms with Crippen molar-refractivity contribution in [1.29, 1.82) is 0 Å². The van der Waals surface area contributed by atoms with Gasteiger partial charge in [0, 0.05) is 0 Å². The maximum Gasteiger partial charge on any atom is 0.414 e. The number of alkyl carbamates (subject to hydrolysis) is 2. The molecule has 0 aliphatic rings. The molecule has 3 rings (SSSR count). The summed E-state index contributed by atoms with van der Waals surface area (Å²) in [6.45, 7) is 10.5. The Bertz CT molecular complexity index is 1080. The molecular formula is C30H35N3O4. The van der Waals surface area contributed by atoms with E-state index in [0.29, 0.717) is 0 Å². The summed E-state index contributed by atoms with van der Waals surface area (Å²) in [5.74, 6) is -0.111. The molecular weight excluding hydrogens is 466 g/mol. The van der Waals surface area contributed by atoms with Crippen molar-refractivity contribution in [2.24, 2.45) is 4.99 Å². The maximum absolute atomic E-state index is 12.8. The van der Waals surface area contributed by atoms with E-state index in [9.17, 15) is 9.59 Å². The molecule has 2 N–H and O–H groups in total. The van der Waals surface area contributed by atoms with E-state index in [-0.39, 0.29) is 5.96 Å². The number of nitrogens with one attached hydrogen (secondary N) is 2. The number of benzene rings is 3. The zero-order valence-electron chi connectivity index (χ0n) is 22.2. The van der Waals surface area contributed by atoms with E-state index in [4.69, 9.17) is 14.5 Å². The topological polar surface area (TPSA) is 89.0 Å². The van der Waals surface area contributed by atoms with Gasteiger partial charge >= 0.3 is 12.2 Å². The third-order valence-corrected chi connectivity index (χ3v) is 5.09. The van der Waals surface area contributed by atoms with E-state index < -0.39 is 28.9 Å².